The Balaban J connectivity index is 1.98. The first-order chi connectivity index (χ1) is 11.3. The molecule has 0 radical (unpaired) electrons. The van der Waals surface area contributed by atoms with Crippen molar-refractivity contribution in [3.8, 4) is 0 Å². The zero-order valence-electron chi connectivity index (χ0n) is 13.4. The molecule has 1 atom stereocenters. The number of fused-ring (bicyclic) bond motifs is 1. The first-order valence-electron chi connectivity index (χ1n) is 7.45. The van der Waals surface area contributed by atoms with E-state index in [9.17, 15) is 18.0 Å². The number of benzene rings is 1. The summed E-state index contributed by atoms with van der Waals surface area (Å²) in [6, 6.07) is 9.40. The molecule has 0 saturated heterocycles. The summed E-state index contributed by atoms with van der Waals surface area (Å²) in [5, 5.41) is 0. The van der Waals surface area contributed by atoms with Crippen LogP contribution in [0.1, 0.15) is 34.1 Å². The van der Waals surface area contributed by atoms with E-state index in [4.69, 9.17) is 4.74 Å². The van der Waals surface area contributed by atoms with Crippen LogP contribution in [0.4, 0.5) is 0 Å². The largest absolute Gasteiger partial charge is 0.469 e. The zero-order chi connectivity index (χ0) is 17.5. The average molecular weight is 347 g/mol. The summed E-state index contributed by atoms with van der Waals surface area (Å²) in [5.74, 6) is -0.943. The number of esters is 1. The van der Waals surface area contributed by atoms with Crippen molar-refractivity contribution >= 4 is 21.6 Å². The number of nitrogens with zero attached hydrogens (tertiary/aromatic N) is 1. The van der Waals surface area contributed by atoms with Gasteiger partial charge in [-0.15, -0.1) is 0 Å². The van der Waals surface area contributed by atoms with Crippen molar-refractivity contribution in [3.63, 3.8) is 0 Å². The molecular weight excluding hydrogens is 330 g/mol. The van der Waals surface area contributed by atoms with Gasteiger partial charge in [-0.1, -0.05) is 12.1 Å². The fourth-order valence-electron chi connectivity index (χ4n) is 3.04. The molecule has 1 aromatic carbocycles. The van der Waals surface area contributed by atoms with E-state index in [2.05, 4.69) is 0 Å². The third kappa shape index (κ3) is 2.75. The van der Waals surface area contributed by atoms with Gasteiger partial charge in [0.15, 0.2) is 9.84 Å². The molecule has 1 aliphatic rings. The van der Waals surface area contributed by atoms with E-state index in [0.717, 1.165) is 11.9 Å². The molecule has 126 valence electrons. The van der Waals surface area contributed by atoms with Crippen molar-refractivity contribution in [3.05, 3.63) is 53.3 Å². The molecule has 1 unspecified atom stereocenters. The van der Waals surface area contributed by atoms with Gasteiger partial charge in [-0.25, -0.2) is 8.42 Å². The van der Waals surface area contributed by atoms with Crippen molar-refractivity contribution in [1.29, 1.82) is 0 Å². The topological polar surface area (TPSA) is 82.4 Å². The molecule has 3 rings (SSSR count). The van der Waals surface area contributed by atoms with Crippen LogP contribution >= 0.6 is 0 Å². The molecular formula is C17H17NO5S. The summed E-state index contributed by atoms with van der Waals surface area (Å²) in [6.07, 6.45) is 1.69. The minimum Gasteiger partial charge on any atom is -0.469 e. The molecule has 2 aromatic rings. The molecule has 7 heteroatoms. The van der Waals surface area contributed by atoms with Crippen LogP contribution in [0.2, 0.25) is 0 Å². The lowest BCUT2D eigenvalue weighted by atomic mass is 10.1. The fraction of sp³-hybridized carbons (Fsp3) is 0.294. The summed E-state index contributed by atoms with van der Waals surface area (Å²) in [5.41, 5.74) is 1.51. The van der Waals surface area contributed by atoms with E-state index in [1.807, 2.05) is 0 Å². The second-order valence-electron chi connectivity index (χ2n) is 5.79. The van der Waals surface area contributed by atoms with Gasteiger partial charge >= 0.3 is 5.97 Å². The van der Waals surface area contributed by atoms with Gasteiger partial charge in [-0.05, 0) is 30.7 Å². The van der Waals surface area contributed by atoms with E-state index in [-0.39, 0.29) is 22.6 Å². The van der Waals surface area contributed by atoms with Crippen LogP contribution in [-0.2, 0) is 25.9 Å². The van der Waals surface area contributed by atoms with Crippen molar-refractivity contribution in [2.45, 2.75) is 23.8 Å². The molecule has 1 aromatic heterocycles. The Hall–Kier alpha value is -2.41. The highest BCUT2D eigenvalue weighted by Gasteiger charge is 2.32. The maximum Gasteiger partial charge on any atom is 0.314 e. The molecule has 0 fully saturated rings. The second kappa shape index (κ2) is 5.90. The predicted octanol–water partition coefficient (Wildman–Crippen LogP) is 1.78. The minimum atomic E-state index is -3.38. The highest BCUT2D eigenvalue weighted by molar-refractivity contribution is 7.90. The van der Waals surface area contributed by atoms with Gasteiger partial charge in [0.1, 0.15) is 0 Å². The number of hydrogen-bond donors (Lipinski definition) is 0. The molecule has 24 heavy (non-hydrogen) atoms. The van der Waals surface area contributed by atoms with Crippen molar-refractivity contribution < 1.29 is 22.7 Å². The zero-order valence-corrected chi connectivity index (χ0v) is 14.2. The van der Waals surface area contributed by atoms with E-state index in [1.54, 1.807) is 28.8 Å². The molecule has 0 aliphatic carbocycles. The predicted molar refractivity (Wildman–Crippen MR) is 86.8 cm³/mol. The summed E-state index contributed by atoms with van der Waals surface area (Å²) in [7, 11) is -2.04. The van der Waals surface area contributed by atoms with Gasteiger partial charge < -0.3 is 9.30 Å². The SMILES string of the molecule is COC(=O)C1CCn2c(C(=O)c3cccc(S(C)(=O)=O)c3)ccc21. The highest BCUT2D eigenvalue weighted by atomic mass is 32.2. The lowest BCUT2D eigenvalue weighted by Gasteiger charge is -2.07. The average Bonchev–Trinajstić information content (AvgIpc) is 3.14. The summed E-state index contributed by atoms with van der Waals surface area (Å²) >= 11 is 0. The summed E-state index contributed by atoms with van der Waals surface area (Å²) in [6.45, 7) is 0.551. The van der Waals surface area contributed by atoms with Gasteiger partial charge in [0.25, 0.3) is 0 Å². The molecule has 0 bridgehead atoms. The molecule has 0 N–H and O–H groups in total. The summed E-state index contributed by atoms with van der Waals surface area (Å²) < 4.78 is 29.9. The van der Waals surface area contributed by atoms with Crippen molar-refractivity contribution in [2.24, 2.45) is 0 Å². The van der Waals surface area contributed by atoms with E-state index in [0.29, 0.717) is 24.2 Å². The summed E-state index contributed by atoms with van der Waals surface area (Å²) in [4.78, 5) is 24.7. The third-order valence-corrected chi connectivity index (χ3v) is 5.37. The van der Waals surface area contributed by atoms with Gasteiger partial charge in [0, 0.05) is 24.1 Å². The Morgan fingerprint density at radius 2 is 1.96 bits per heavy atom. The number of rotatable bonds is 4. The molecule has 0 spiro atoms. The van der Waals surface area contributed by atoms with Gasteiger partial charge in [0.2, 0.25) is 5.78 Å². The van der Waals surface area contributed by atoms with Crippen LogP contribution in [0, 0.1) is 0 Å². The first-order valence-corrected chi connectivity index (χ1v) is 9.34. The third-order valence-electron chi connectivity index (χ3n) is 4.26. The molecule has 0 saturated carbocycles. The van der Waals surface area contributed by atoms with E-state index in [1.165, 1.54) is 19.2 Å². The molecule has 2 heterocycles. The smallest absolute Gasteiger partial charge is 0.314 e. The number of hydrogen-bond acceptors (Lipinski definition) is 5. The number of carbonyl (C=O) groups excluding carboxylic acids is 2. The molecule has 6 nitrogen and oxygen atoms in total. The monoisotopic (exact) mass is 347 g/mol. The van der Waals surface area contributed by atoms with Crippen LogP contribution in [-0.4, -0.2) is 38.1 Å². The Morgan fingerprint density at radius 3 is 2.62 bits per heavy atom. The number of ether oxygens (including phenoxy) is 1. The quantitative estimate of drug-likeness (QED) is 0.622. The maximum absolute atomic E-state index is 12.8. The Morgan fingerprint density at radius 1 is 1.21 bits per heavy atom. The molecule has 0 amide bonds. The Bertz CT molecular complexity index is 926. The number of ketones is 1. The molecule has 1 aliphatic heterocycles. The maximum atomic E-state index is 12.8. The minimum absolute atomic E-state index is 0.106. The van der Waals surface area contributed by atoms with Gasteiger partial charge in [0.05, 0.1) is 23.6 Å². The van der Waals surface area contributed by atoms with Gasteiger partial charge in [-0.3, -0.25) is 9.59 Å². The fourth-order valence-corrected chi connectivity index (χ4v) is 3.71. The lowest BCUT2D eigenvalue weighted by Crippen LogP contribution is -2.12. The van der Waals surface area contributed by atoms with Crippen molar-refractivity contribution in [2.75, 3.05) is 13.4 Å². The van der Waals surface area contributed by atoms with Crippen molar-refractivity contribution in [1.82, 2.24) is 4.57 Å². The highest BCUT2D eigenvalue weighted by Crippen LogP contribution is 2.32. The van der Waals surface area contributed by atoms with E-state index >= 15 is 0 Å². The van der Waals surface area contributed by atoms with Crippen LogP contribution < -0.4 is 0 Å². The Kier molecular flexibility index (Phi) is 4.04. The van der Waals surface area contributed by atoms with Crippen LogP contribution in [0.3, 0.4) is 0 Å². The van der Waals surface area contributed by atoms with Crippen LogP contribution in [0.15, 0.2) is 41.3 Å². The standard InChI is InChI=1S/C17H17NO5S/c1-23-17(20)13-8-9-18-14(13)6-7-15(18)16(19)11-4-3-5-12(10-11)24(2,21)22/h3-7,10,13H,8-9H2,1-2H3. The number of sulfone groups is 1. The van der Waals surface area contributed by atoms with E-state index < -0.39 is 9.84 Å². The Labute approximate surface area is 140 Å². The van der Waals surface area contributed by atoms with Crippen LogP contribution in [0.25, 0.3) is 0 Å². The normalized spacial score (nSPS) is 16.7. The first kappa shape index (κ1) is 16.4. The van der Waals surface area contributed by atoms with Gasteiger partial charge in [-0.2, -0.15) is 0 Å². The second-order valence-corrected chi connectivity index (χ2v) is 7.80. The number of carbonyl (C=O) groups is 2. The number of aromatic nitrogens is 1. The van der Waals surface area contributed by atoms with Crippen LogP contribution in [0.5, 0.6) is 0 Å². The lowest BCUT2D eigenvalue weighted by molar-refractivity contribution is -0.142. The number of methoxy groups -OCH3 is 1.